The summed E-state index contributed by atoms with van der Waals surface area (Å²) >= 11 is 6.88. The standard InChI is InChI=1S/C22H19ClF3N3O3S/c1-12(20(30)27-16-10-17(31-2)14(23)9-18(16)32-3)33-21-28-15(13-7-5-4-6-8-13)11-19(29-21)22(24,25)26/h4-12H,1-3H3,(H,27,30). The first-order chi connectivity index (χ1) is 15.6. The summed E-state index contributed by atoms with van der Waals surface area (Å²) in [6.07, 6.45) is -4.67. The smallest absolute Gasteiger partial charge is 0.433 e. The number of benzene rings is 2. The lowest BCUT2D eigenvalue weighted by Crippen LogP contribution is -2.23. The highest BCUT2D eigenvalue weighted by Gasteiger charge is 2.34. The van der Waals surface area contributed by atoms with Gasteiger partial charge in [-0.1, -0.05) is 53.7 Å². The molecule has 3 rings (SSSR count). The van der Waals surface area contributed by atoms with Gasteiger partial charge in [0, 0.05) is 17.7 Å². The van der Waals surface area contributed by atoms with Gasteiger partial charge in [0.2, 0.25) is 5.91 Å². The maximum atomic E-state index is 13.4. The zero-order valence-electron chi connectivity index (χ0n) is 17.7. The molecule has 0 aliphatic heterocycles. The van der Waals surface area contributed by atoms with Crippen molar-refractivity contribution in [2.75, 3.05) is 19.5 Å². The molecule has 1 heterocycles. The molecule has 0 saturated carbocycles. The van der Waals surface area contributed by atoms with Crippen molar-refractivity contribution < 1.29 is 27.4 Å². The fourth-order valence-corrected chi connectivity index (χ4v) is 3.80. The van der Waals surface area contributed by atoms with Gasteiger partial charge in [0.05, 0.1) is 35.9 Å². The van der Waals surface area contributed by atoms with E-state index < -0.39 is 23.0 Å². The SMILES string of the molecule is COc1cc(NC(=O)C(C)Sc2nc(-c3ccccc3)cc(C(F)(F)F)n2)c(OC)cc1Cl. The third-order valence-electron chi connectivity index (χ3n) is 4.45. The second-order valence-corrected chi connectivity index (χ2v) is 8.44. The maximum absolute atomic E-state index is 13.4. The van der Waals surface area contributed by atoms with E-state index in [-0.39, 0.29) is 10.9 Å². The molecule has 0 aliphatic rings. The number of carbonyl (C=O) groups is 1. The minimum atomic E-state index is -4.67. The molecule has 0 bridgehead atoms. The lowest BCUT2D eigenvalue weighted by molar-refractivity contribution is -0.141. The highest BCUT2D eigenvalue weighted by atomic mass is 35.5. The van der Waals surface area contributed by atoms with Crippen molar-refractivity contribution in [3.05, 3.63) is 59.2 Å². The summed E-state index contributed by atoms with van der Waals surface area (Å²) in [5.74, 6) is 0.125. The maximum Gasteiger partial charge on any atom is 0.433 e. The molecule has 174 valence electrons. The molecule has 2 aromatic carbocycles. The average Bonchev–Trinajstić information content (AvgIpc) is 2.79. The molecule has 1 atom stereocenters. The van der Waals surface area contributed by atoms with Crippen molar-refractivity contribution in [2.45, 2.75) is 23.5 Å². The monoisotopic (exact) mass is 497 g/mol. The molecule has 1 aromatic heterocycles. The summed E-state index contributed by atoms with van der Waals surface area (Å²) in [7, 11) is 2.83. The summed E-state index contributed by atoms with van der Waals surface area (Å²) in [6.45, 7) is 1.53. The van der Waals surface area contributed by atoms with E-state index in [0.29, 0.717) is 27.8 Å². The summed E-state index contributed by atoms with van der Waals surface area (Å²) in [4.78, 5) is 20.6. The van der Waals surface area contributed by atoms with Crippen molar-refractivity contribution >= 4 is 35.0 Å². The molecular formula is C22H19ClF3N3O3S. The Kier molecular flexibility index (Phi) is 7.70. The summed E-state index contributed by atoms with van der Waals surface area (Å²) < 4.78 is 50.6. The van der Waals surface area contributed by atoms with Gasteiger partial charge in [-0.15, -0.1) is 0 Å². The van der Waals surface area contributed by atoms with Gasteiger partial charge in [-0.05, 0) is 13.0 Å². The number of nitrogens with one attached hydrogen (secondary N) is 1. The Morgan fingerprint density at radius 2 is 1.73 bits per heavy atom. The van der Waals surface area contributed by atoms with Crippen LogP contribution in [0.2, 0.25) is 5.02 Å². The number of aromatic nitrogens is 2. The van der Waals surface area contributed by atoms with Crippen LogP contribution in [0, 0.1) is 0 Å². The summed E-state index contributed by atoms with van der Waals surface area (Å²) in [5, 5.41) is 1.96. The molecule has 3 aromatic rings. The highest BCUT2D eigenvalue weighted by Crippen LogP contribution is 2.37. The Balaban J connectivity index is 1.86. The molecule has 0 fully saturated rings. The van der Waals surface area contributed by atoms with Gasteiger partial charge in [0.1, 0.15) is 17.2 Å². The molecule has 0 spiro atoms. The average molecular weight is 498 g/mol. The van der Waals surface area contributed by atoms with Crippen LogP contribution in [-0.4, -0.2) is 35.3 Å². The number of carbonyl (C=O) groups excluding carboxylic acids is 1. The quantitative estimate of drug-likeness (QED) is 0.321. The Morgan fingerprint density at radius 1 is 1.06 bits per heavy atom. The van der Waals surface area contributed by atoms with E-state index in [4.69, 9.17) is 21.1 Å². The number of halogens is 4. The fourth-order valence-electron chi connectivity index (χ4n) is 2.78. The molecule has 0 saturated heterocycles. The number of ether oxygens (including phenoxy) is 2. The second kappa shape index (κ2) is 10.3. The summed E-state index contributed by atoms with van der Waals surface area (Å²) in [5.41, 5.74) is -0.179. The molecule has 11 heteroatoms. The number of nitrogens with zero attached hydrogens (tertiary/aromatic N) is 2. The molecule has 6 nitrogen and oxygen atoms in total. The minimum Gasteiger partial charge on any atom is -0.495 e. The van der Waals surface area contributed by atoms with E-state index in [0.717, 1.165) is 17.8 Å². The van der Waals surface area contributed by atoms with E-state index in [1.807, 2.05) is 0 Å². The number of methoxy groups -OCH3 is 2. The van der Waals surface area contributed by atoms with Crippen molar-refractivity contribution in [3.8, 4) is 22.8 Å². The van der Waals surface area contributed by atoms with Crippen LogP contribution in [0.4, 0.5) is 18.9 Å². The molecular weight excluding hydrogens is 479 g/mol. The normalized spacial score (nSPS) is 12.2. The van der Waals surface area contributed by atoms with Gasteiger partial charge in [0.15, 0.2) is 5.16 Å². The highest BCUT2D eigenvalue weighted by molar-refractivity contribution is 8.00. The van der Waals surface area contributed by atoms with E-state index >= 15 is 0 Å². The molecule has 33 heavy (non-hydrogen) atoms. The Morgan fingerprint density at radius 3 is 2.33 bits per heavy atom. The number of anilines is 1. The fraction of sp³-hybridized carbons (Fsp3) is 0.227. The van der Waals surface area contributed by atoms with Crippen LogP contribution in [-0.2, 0) is 11.0 Å². The van der Waals surface area contributed by atoms with Gasteiger partial charge in [-0.25, -0.2) is 9.97 Å². The first kappa shape index (κ1) is 24.7. The van der Waals surface area contributed by atoms with Crippen LogP contribution < -0.4 is 14.8 Å². The Bertz CT molecular complexity index is 1150. The lowest BCUT2D eigenvalue weighted by atomic mass is 10.1. The predicted octanol–water partition coefficient (Wildman–Crippen LogP) is 5.95. The van der Waals surface area contributed by atoms with Gasteiger partial charge < -0.3 is 14.8 Å². The largest absolute Gasteiger partial charge is 0.495 e. The summed E-state index contributed by atoms with van der Waals surface area (Å²) in [6, 6.07) is 12.3. The third-order valence-corrected chi connectivity index (χ3v) is 5.71. The van der Waals surface area contributed by atoms with Crippen molar-refractivity contribution in [3.63, 3.8) is 0 Å². The van der Waals surface area contributed by atoms with Crippen molar-refractivity contribution in [1.29, 1.82) is 0 Å². The van der Waals surface area contributed by atoms with E-state index in [1.54, 1.807) is 30.3 Å². The lowest BCUT2D eigenvalue weighted by Gasteiger charge is -2.16. The van der Waals surface area contributed by atoms with Crippen LogP contribution >= 0.6 is 23.4 Å². The van der Waals surface area contributed by atoms with E-state index in [9.17, 15) is 18.0 Å². The zero-order chi connectivity index (χ0) is 24.2. The van der Waals surface area contributed by atoms with Crippen molar-refractivity contribution in [1.82, 2.24) is 9.97 Å². The van der Waals surface area contributed by atoms with Crippen LogP contribution in [0.3, 0.4) is 0 Å². The number of alkyl halides is 3. The van der Waals surface area contributed by atoms with E-state index in [1.165, 1.54) is 33.3 Å². The number of amides is 1. The van der Waals surface area contributed by atoms with Crippen LogP contribution in [0.1, 0.15) is 12.6 Å². The van der Waals surface area contributed by atoms with Crippen LogP contribution in [0.25, 0.3) is 11.3 Å². The molecule has 0 aliphatic carbocycles. The number of hydrogen-bond donors (Lipinski definition) is 1. The Hall–Kier alpha value is -2.98. The van der Waals surface area contributed by atoms with Crippen LogP contribution in [0.5, 0.6) is 11.5 Å². The van der Waals surface area contributed by atoms with Gasteiger partial charge >= 0.3 is 6.18 Å². The number of rotatable bonds is 7. The van der Waals surface area contributed by atoms with Gasteiger partial charge in [-0.2, -0.15) is 13.2 Å². The number of hydrogen-bond acceptors (Lipinski definition) is 6. The third kappa shape index (κ3) is 6.08. The first-order valence-electron chi connectivity index (χ1n) is 9.53. The molecule has 1 N–H and O–H groups in total. The molecule has 0 radical (unpaired) electrons. The number of thioether (sulfide) groups is 1. The van der Waals surface area contributed by atoms with Crippen molar-refractivity contribution in [2.24, 2.45) is 0 Å². The predicted molar refractivity (Wildman–Crippen MR) is 121 cm³/mol. The second-order valence-electron chi connectivity index (χ2n) is 6.72. The zero-order valence-corrected chi connectivity index (χ0v) is 19.3. The topological polar surface area (TPSA) is 73.3 Å². The Labute approximate surface area is 197 Å². The van der Waals surface area contributed by atoms with Crippen LogP contribution in [0.15, 0.2) is 53.7 Å². The van der Waals surface area contributed by atoms with Gasteiger partial charge in [-0.3, -0.25) is 4.79 Å². The minimum absolute atomic E-state index is 0.108. The first-order valence-corrected chi connectivity index (χ1v) is 10.8. The molecule has 1 unspecified atom stereocenters. The van der Waals surface area contributed by atoms with E-state index in [2.05, 4.69) is 15.3 Å². The van der Waals surface area contributed by atoms with Gasteiger partial charge in [0.25, 0.3) is 0 Å². The molecule has 1 amide bonds.